The Balaban J connectivity index is 1.50. The number of fused-ring (bicyclic) bond motifs is 2. The number of likely N-dealkylation sites (tertiary alicyclic amines) is 1. The summed E-state index contributed by atoms with van der Waals surface area (Å²) in [6.07, 6.45) is 3.50. The molecule has 0 bridgehead atoms. The highest BCUT2D eigenvalue weighted by atomic mass is 16.5. The summed E-state index contributed by atoms with van der Waals surface area (Å²) in [7, 11) is 1.58. The molecule has 4 aliphatic rings. The monoisotopic (exact) mass is 395 g/mol. The molecule has 1 heterocycles. The van der Waals surface area contributed by atoms with Gasteiger partial charge < -0.3 is 4.74 Å². The second kappa shape index (κ2) is 6.76. The van der Waals surface area contributed by atoms with E-state index in [-0.39, 0.29) is 52.8 Å². The molecule has 29 heavy (non-hydrogen) atoms. The molecule has 0 N–H and O–H groups in total. The Bertz CT molecular complexity index is 852. The molecule has 2 amide bonds. The third-order valence-electron chi connectivity index (χ3n) is 8.28. The van der Waals surface area contributed by atoms with Gasteiger partial charge in [0.2, 0.25) is 11.8 Å². The Hall–Kier alpha value is -2.01. The van der Waals surface area contributed by atoms with Crippen LogP contribution < -0.4 is 0 Å². The van der Waals surface area contributed by atoms with Gasteiger partial charge in [-0.25, -0.2) is 0 Å². The molecule has 0 radical (unpaired) electrons. The number of ketones is 1. The Morgan fingerprint density at radius 3 is 2.62 bits per heavy atom. The fourth-order valence-electron chi connectivity index (χ4n) is 7.11. The molecule has 5 heteroatoms. The Kier molecular flexibility index (Phi) is 4.43. The third kappa shape index (κ3) is 2.73. The predicted octanol–water partition coefficient (Wildman–Crippen LogP) is 3.22. The minimum Gasteiger partial charge on any atom is -0.373 e. The Morgan fingerprint density at radius 2 is 1.86 bits per heavy atom. The highest BCUT2D eigenvalue weighted by Crippen LogP contribution is 2.68. The number of imide groups is 1. The van der Waals surface area contributed by atoms with Crippen LogP contribution in [-0.2, 0) is 25.7 Å². The maximum Gasteiger partial charge on any atom is 0.232 e. The molecule has 4 fully saturated rings. The van der Waals surface area contributed by atoms with Gasteiger partial charge in [-0.1, -0.05) is 37.3 Å². The van der Waals surface area contributed by atoms with Crippen molar-refractivity contribution >= 4 is 17.6 Å². The fraction of sp³-hybridized carbons (Fsp3) is 0.625. The van der Waals surface area contributed by atoms with E-state index in [2.05, 4.69) is 19.1 Å². The molecular weight excluding hydrogens is 366 g/mol. The minimum atomic E-state index is -0.283. The minimum absolute atomic E-state index is 0.0354. The number of Topliss-reactive ketones (excluding diaryl/α,β-unsaturated/α-hetero) is 1. The number of hydrogen-bond acceptors (Lipinski definition) is 4. The van der Waals surface area contributed by atoms with Gasteiger partial charge in [0.05, 0.1) is 12.7 Å². The van der Waals surface area contributed by atoms with Crippen molar-refractivity contribution in [2.24, 2.45) is 35.0 Å². The first-order valence-electron chi connectivity index (χ1n) is 10.9. The summed E-state index contributed by atoms with van der Waals surface area (Å²) in [4.78, 5) is 39.8. The summed E-state index contributed by atoms with van der Waals surface area (Å²) in [5.41, 5.74) is 0.843. The number of nitrogens with zero attached hydrogens (tertiary/aromatic N) is 1. The van der Waals surface area contributed by atoms with Crippen LogP contribution in [0.15, 0.2) is 30.3 Å². The standard InChI is InChI=1S/C24H29NO4/c1-14-8-16-10-19(26)22-17-11-21(27)25(2)23(28)18(17)12-24(16,22)20(9-14)29-13-15-6-4-3-5-7-15/h3-7,14,16-18,20,22H,8-13H2,1-2H3/t14-,16+,17+,18+,20+,22+,24?/m1/s1. The van der Waals surface area contributed by atoms with Crippen LogP contribution in [0.5, 0.6) is 0 Å². The lowest BCUT2D eigenvalue weighted by atomic mass is 9.60. The average molecular weight is 395 g/mol. The van der Waals surface area contributed by atoms with Crippen molar-refractivity contribution in [1.82, 2.24) is 4.90 Å². The first kappa shape index (κ1) is 19.0. The van der Waals surface area contributed by atoms with Crippen LogP contribution in [0, 0.1) is 35.0 Å². The molecule has 0 aromatic heterocycles. The normalized spacial score (nSPS) is 41.3. The zero-order valence-corrected chi connectivity index (χ0v) is 17.2. The molecule has 5 rings (SSSR count). The maximum absolute atomic E-state index is 13.2. The molecule has 1 unspecified atom stereocenters. The van der Waals surface area contributed by atoms with Crippen LogP contribution >= 0.6 is 0 Å². The van der Waals surface area contributed by atoms with Crippen molar-refractivity contribution < 1.29 is 19.1 Å². The van der Waals surface area contributed by atoms with E-state index < -0.39 is 0 Å². The van der Waals surface area contributed by atoms with Crippen molar-refractivity contribution in [3.8, 4) is 0 Å². The molecule has 1 aromatic rings. The number of benzene rings is 1. The van der Waals surface area contributed by atoms with Crippen LogP contribution in [0.25, 0.3) is 0 Å². The zero-order valence-electron chi connectivity index (χ0n) is 17.2. The van der Waals surface area contributed by atoms with Crippen molar-refractivity contribution in [2.75, 3.05) is 7.05 Å². The van der Waals surface area contributed by atoms with E-state index in [4.69, 9.17) is 4.74 Å². The van der Waals surface area contributed by atoms with Crippen LogP contribution in [0.2, 0.25) is 0 Å². The summed E-state index contributed by atoms with van der Waals surface area (Å²) in [5, 5.41) is 0. The lowest BCUT2D eigenvalue weighted by molar-refractivity contribution is -0.152. The van der Waals surface area contributed by atoms with Gasteiger partial charge in [-0.15, -0.1) is 0 Å². The molecule has 154 valence electrons. The molecule has 1 spiro atoms. The number of amides is 2. The molecule has 1 aliphatic heterocycles. The topological polar surface area (TPSA) is 63.7 Å². The van der Waals surface area contributed by atoms with Gasteiger partial charge >= 0.3 is 0 Å². The quantitative estimate of drug-likeness (QED) is 0.737. The summed E-state index contributed by atoms with van der Waals surface area (Å²) in [5.74, 6) is 0.231. The zero-order chi connectivity index (χ0) is 20.3. The first-order chi connectivity index (χ1) is 13.9. The van der Waals surface area contributed by atoms with Crippen LogP contribution in [0.4, 0.5) is 0 Å². The number of carbonyl (C=O) groups is 3. The van der Waals surface area contributed by atoms with Crippen LogP contribution in [-0.4, -0.2) is 35.6 Å². The molecule has 5 nitrogen and oxygen atoms in total. The van der Waals surface area contributed by atoms with Gasteiger partial charge in [0.1, 0.15) is 5.78 Å². The second-order valence-electron chi connectivity index (χ2n) is 9.79. The van der Waals surface area contributed by atoms with Gasteiger partial charge in [-0.05, 0) is 42.6 Å². The van der Waals surface area contributed by atoms with E-state index in [0.29, 0.717) is 31.8 Å². The molecule has 1 aromatic carbocycles. The van der Waals surface area contributed by atoms with Crippen molar-refractivity contribution in [3.05, 3.63) is 35.9 Å². The average Bonchev–Trinajstić information content (AvgIpc) is 3.18. The number of carbonyl (C=O) groups excluding carboxylic acids is 3. The maximum atomic E-state index is 13.2. The van der Waals surface area contributed by atoms with Crippen LogP contribution in [0.1, 0.15) is 44.6 Å². The molecule has 3 aliphatic carbocycles. The van der Waals surface area contributed by atoms with E-state index >= 15 is 0 Å². The molecule has 1 saturated heterocycles. The summed E-state index contributed by atoms with van der Waals surface area (Å²) < 4.78 is 6.54. The van der Waals surface area contributed by atoms with E-state index in [1.807, 2.05) is 18.2 Å². The lowest BCUT2D eigenvalue weighted by Crippen LogP contribution is -2.48. The number of piperidine rings is 1. The van der Waals surface area contributed by atoms with E-state index in [0.717, 1.165) is 18.4 Å². The number of ether oxygens (including phenoxy) is 1. The fourth-order valence-corrected chi connectivity index (χ4v) is 7.11. The smallest absolute Gasteiger partial charge is 0.232 e. The predicted molar refractivity (Wildman–Crippen MR) is 106 cm³/mol. The lowest BCUT2D eigenvalue weighted by Gasteiger charge is -2.48. The number of rotatable bonds is 3. The van der Waals surface area contributed by atoms with Crippen molar-refractivity contribution in [2.45, 2.75) is 51.7 Å². The SMILES string of the molecule is C[C@@H]1C[C@H]2CC(=O)[C@@H]3[C@H]4CC(=O)N(C)C(=O)[C@H]4CC23[C@@H](OCc2ccccc2)C1. The van der Waals surface area contributed by atoms with Crippen LogP contribution in [0.3, 0.4) is 0 Å². The van der Waals surface area contributed by atoms with Crippen molar-refractivity contribution in [1.29, 1.82) is 0 Å². The molecule has 7 atom stereocenters. The largest absolute Gasteiger partial charge is 0.373 e. The number of hydrogen-bond donors (Lipinski definition) is 0. The van der Waals surface area contributed by atoms with Gasteiger partial charge in [0, 0.05) is 37.1 Å². The third-order valence-corrected chi connectivity index (χ3v) is 8.28. The molecule has 3 saturated carbocycles. The Labute approximate surface area is 171 Å². The van der Waals surface area contributed by atoms with Gasteiger partial charge in [-0.2, -0.15) is 0 Å². The van der Waals surface area contributed by atoms with Gasteiger partial charge in [0.15, 0.2) is 0 Å². The molecular formula is C24H29NO4. The summed E-state index contributed by atoms with van der Waals surface area (Å²) in [6.45, 7) is 2.77. The summed E-state index contributed by atoms with van der Waals surface area (Å²) >= 11 is 0. The second-order valence-corrected chi connectivity index (χ2v) is 9.79. The van der Waals surface area contributed by atoms with E-state index in [1.165, 1.54) is 4.90 Å². The highest BCUT2D eigenvalue weighted by molar-refractivity contribution is 6.01. The Morgan fingerprint density at radius 1 is 1.10 bits per heavy atom. The van der Waals surface area contributed by atoms with Gasteiger partial charge in [0.25, 0.3) is 0 Å². The van der Waals surface area contributed by atoms with E-state index in [1.54, 1.807) is 7.05 Å². The van der Waals surface area contributed by atoms with Crippen molar-refractivity contribution in [3.63, 3.8) is 0 Å². The summed E-state index contributed by atoms with van der Waals surface area (Å²) in [6, 6.07) is 10.1. The van der Waals surface area contributed by atoms with Gasteiger partial charge in [-0.3, -0.25) is 19.3 Å². The van der Waals surface area contributed by atoms with E-state index in [9.17, 15) is 14.4 Å². The first-order valence-corrected chi connectivity index (χ1v) is 10.9. The highest BCUT2D eigenvalue weighted by Gasteiger charge is 2.70.